The molecule has 0 spiro atoms. The Labute approximate surface area is 81.9 Å². The van der Waals surface area contributed by atoms with Gasteiger partial charge in [0.05, 0.1) is 6.61 Å². The van der Waals surface area contributed by atoms with Crippen molar-refractivity contribution in [3.05, 3.63) is 28.8 Å². The summed E-state index contributed by atoms with van der Waals surface area (Å²) < 4.78 is 9.89. The molecule has 13 heavy (non-hydrogen) atoms. The van der Waals surface area contributed by atoms with Crippen molar-refractivity contribution in [1.29, 1.82) is 0 Å². The summed E-state index contributed by atoms with van der Waals surface area (Å²) in [6.07, 6.45) is 0. The van der Waals surface area contributed by atoms with Crippen LogP contribution in [0.5, 0.6) is 5.75 Å². The Hall–Kier alpha value is -0.770. The molecule has 1 aromatic carbocycles. The molecule has 4 heteroatoms. The van der Waals surface area contributed by atoms with Gasteiger partial charge in [-0.05, 0) is 23.8 Å². The zero-order chi connectivity index (χ0) is 9.68. The lowest BCUT2D eigenvalue weighted by molar-refractivity contribution is 0.0510. The van der Waals surface area contributed by atoms with Gasteiger partial charge in [-0.15, -0.1) is 0 Å². The topological polar surface area (TPSA) is 38.7 Å². The van der Waals surface area contributed by atoms with Gasteiger partial charge in [-0.2, -0.15) is 0 Å². The molecule has 0 saturated heterocycles. The molecule has 1 rings (SSSR count). The lowest BCUT2D eigenvalue weighted by Crippen LogP contribution is -1.99. The predicted molar refractivity (Wildman–Crippen MR) is 49.9 cm³/mol. The van der Waals surface area contributed by atoms with Crippen LogP contribution in [-0.4, -0.2) is 19.0 Å². The largest absolute Gasteiger partial charge is 0.468 e. The number of aliphatic hydroxyl groups excluding tert-OH is 1. The summed E-state index contributed by atoms with van der Waals surface area (Å²) in [7, 11) is 1.54. The highest BCUT2D eigenvalue weighted by Gasteiger charge is 1.99. The van der Waals surface area contributed by atoms with E-state index >= 15 is 0 Å². The molecule has 1 N–H and O–H groups in total. The summed E-state index contributed by atoms with van der Waals surface area (Å²) in [5.41, 5.74) is 0.721. The van der Waals surface area contributed by atoms with Gasteiger partial charge in [-0.1, -0.05) is 11.6 Å². The van der Waals surface area contributed by atoms with Crippen molar-refractivity contribution in [1.82, 2.24) is 0 Å². The molecular weight excluding hydrogens is 192 g/mol. The molecular formula is C9H11ClO3. The van der Waals surface area contributed by atoms with E-state index in [1.54, 1.807) is 18.2 Å². The highest BCUT2D eigenvalue weighted by molar-refractivity contribution is 6.30. The quantitative estimate of drug-likeness (QED) is 0.757. The summed E-state index contributed by atoms with van der Waals surface area (Å²) in [5.74, 6) is 0.596. The number of halogens is 1. The first kappa shape index (κ1) is 10.3. The molecule has 0 saturated carbocycles. The van der Waals surface area contributed by atoms with Crippen molar-refractivity contribution in [3.63, 3.8) is 0 Å². The molecule has 0 unspecified atom stereocenters. The summed E-state index contributed by atoms with van der Waals surface area (Å²) in [6.45, 7) is 0.120. The van der Waals surface area contributed by atoms with E-state index in [9.17, 15) is 0 Å². The first-order chi connectivity index (χ1) is 6.26. The van der Waals surface area contributed by atoms with E-state index in [1.807, 2.05) is 0 Å². The van der Waals surface area contributed by atoms with Crippen LogP contribution in [0.25, 0.3) is 0 Å². The normalized spacial score (nSPS) is 10.1. The molecule has 0 heterocycles. The van der Waals surface area contributed by atoms with Gasteiger partial charge in [0.2, 0.25) is 0 Å². The molecule has 1 aromatic rings. The Balaban J connectivity index is 2.76. The number of methoxy groups -OCH3 is 1. The fourth-order valence-corrected chi connectivity index (χ4v) is 1.17. The summed E-state index contributed by atoms with van der Waals surface area (Å²) in [6, 6.07) is 5.06. The van der Waals surface area contributed by atoms with Gasteiger partial charge in [0.15, 0.2) is 6.79 Å². The summed E-state index contributed by atoms with van der Waals surface area (Å²) in [5, 5.41) is 9.41. The average Bonchev–Trinajstić information content (AvgIpc) is 2.14. The van der Waals surface area contributed by atoms with Gasteiger partial charge in [0.25, 0.3) is 0 Å². The van der Waals surface area contributed by atoms with Crippen LogP contribution in [0.15, 0.2) is 18.2 Å². The van der Waals surface area contributed by atoms with E-state index in [4.69, 9.17) is 26.2 Å². The maximum Gasteiger partial charge on any atom is 0.188 e. The molecule has 0 aliphatic heterocycles. The van der Waals surface area contributed by atoms with E-state index in [1.165, 1.54) is 7.11 Å². The molecule has 0 bridgehead atoms. The fourth-order valence-electron chi connectivity index (χ4n) is 0.922. The van der Waals surface area contributed by atoms with E-state index in [-0.39, 0.29) is 13.4 Å². The third kappa shape index (κ3) is 3.22. The molecule has 0 aliphatic carbocycles. The maximum absolute atomic E-state index is 8.87. The third-order valence-electron chi connectivity index (χ3n) is 1.46. The van der Waals surface area contributed by atoms with E-state index in [0.717, 1.165) is 5.56 Å². The maximum atomic E-state index is 8.87. The predicted octanol–water partition coefficient (Wildman–Crippen LogP) is 1.81. The number of hydrogen-bond donors (Lipinski definition) is 1. The van der Waals surface area contributed by atoms with Gasteiger partial charge >= 0.3 is 0 Å². The lowest BCUT2D eigenvalue weighted by Gasteiger charge is -2.06. The van der Waals surface area contributed by atoms with Crippen molar-refractivity contribution in [2.45, 2.75) is 6.61 Å². The van der Waals surface area contributed by atoms with Crippen molar-refractivity contribution in [2.24, 2.45) is 0 Å². The van der Waals surface area contributed by atoms with Gasteiger partial charge in [0.1, 0.15) is 5.75 Å². The minimum Gasteiger partial charge on any atom is -0.468 e. The van der Waals surface area contributed by atoms with Crippen LogP contribution < -0.4 is 4.74 Å². The highest BCUT2D eigenvalue weighted by Crippen LogP contribution is 2.20. The molecule has 0 fully saturated rings. The fraction of sp³-hybridized carbons (Fsp3) is 0.333. The SMILES string of the molecule is COCOc1cc(Cl)cc(CO)c1. The van der Waals surface area contributed by atoms with Crippen LogP contribution in [0.1, 0.15) is 5.56 Å². The monoisotopic (exact) mass is 202 g/mol. The van der Waals surface area contributed by atoms with E-state index < -0.39 is 0 Å². The molecule has 3 nitrogen and oxygen atoms in total. The van der Waals surface area contributed by atoms with E-state index in [2.05, 4.69) is 0 Å². The second-order valence-corrected chi connectivity index (χ2v) is 2.94. The molecule has 0 aromatic heterocycles. The Morgan fingerprint density at radius 3 is 2.77 bits per heavy atom. The third-order valence-corrected chi connectivity index (χ3v) is 1.68. The number of benzene rings is 1. The van der Waals surface area contributed by atoms with Crippen molar-refractivity contribution in [3.8, 4) is 5.75 Å². The smallest absolute Gasteiger partial charge is 0.188 e. The van der Waals surface area contributed by atoms with Crippen molar-refractivity contribution < 1.29 is 14.6 Å². The number of aliphatic hydroxyl groups is 1. The molecule has 0 aliphatic rings. The second kappa shape index (κ2) is 5.07. The average molecular weight is 203 g/mol. The Kier molecular flexibility index (Phi) is 4.02. The zero-order valence-corrected chi connectivity index (χ0v) is 8.04. The first-order valence-corrected chi connectivity index (χ1v) is 4.16. The lowest BCUT2D eigenvalue weighted by atomic mass is 10.2. The highest BCUT2D eigenvalue weighted by atomic mass is 35.5. The number of hydrogen-bond acceptors (Lipinski definition) is 3. The van der Waals surface area contributed by atoms with Crippen LogP contribution in [0.4, 0.5) is 0 Å². The van der Waals surface area contributed by atoms with Gasteiger partial charge < -0.3 is 14.6 Å². The first-order valence-electron chi connectivity index (χ1n) is 3.78. The van der Waals surface area contributed by atoms with Crippen LogP contribution >= 0.6 is 11.6 Å². The second-order valence-electron chi connectivity index (χ2n) is 2.50. The Bertz CT molecular complexity index is 276. The summed E-state index contributed by atoms with van der Waals surface area (Å²) in [4.78, 5) is 0. The number of ether oxygens (including phenoxy) is 2. The minimum atomic E-state index is -0.0517. The van der Waals surface area contributed by atoms with Gasteiger partial charge in [0, 0.05) is 12.1 Å². The van der Waals surface area contributed by atoms with E-state index in [0.29, 0.717) is 10.8 Å². The minimum absolute atomic E-state index is 0.0517. The molecule has 0 radical (unpaired) electrons. The Morgan fingerprint density at radius 2 is 2.15 bits per heavy atom. The van der Waals surface area contributed by atoms with Crippen molar-refractivity contribution >= 4 is 11.6 Å². The zero-order valence-electron chi connectivity index (χ0n) is 7.29. The van der Waals surface area contributed by atoms with Crippen LogP contribution in [0, 0.1) is 0 Å². The van der Waals surface area contributed by atoms with Crippen molar-refractivity contribution in [2.75, 3.05) is 13.9 Å². The van der Waals surface area contributed by atoms with Crippen LogP contribution in [-0.2, 0) is 11.3 Å². The molecule has 72 valence electrons. The number of rotatable bonds is 4. The molecule has 0 amide bonds. The van der Waals surface area contributed by atoms with Gasteiger partial charge in [-0.25, -0.2) is 0 Å². The molecule has 0 atom stereocenters. The van der Waals surface area contributed by atoms with Crippen LogP contribution in [0.2, 0.25) is 5.02 Å². The Morgan fingerprint density at radius 1 is 1.38 bits per heavy atom. The summed E-state index contributed by atoms with van der Waals surface area (Å²) >= 11 is 5.78. The van der Waals surface area contributed by atoms with Gasteiger partial charge in [-0.3, -0.25) is 0 Å². The standard InChI is InChI=1S/C9H11ClO3/c1-12-6-13-9-3-7(5-11)2-8(10)4-9/h2-4,11H,5-6H2,1H3. The van der Waals surface area contributed by atoms with Crippen LogP contribution in [0.3, 0.4) is 0 Å².